The van der Waals surface area contributed by atoms with E-state index in [2.05, 4.69) is 50.4 Å². The Labute approximate surface area is 128 Å². The van der Waals surface area contributed by atoms with Gasteiger partial charge in [0.2, 0.25) is 5.91 Å². The number of carbonyl (C=O) groups is 1. The number of piperidine rings is 1. The minimum atomic E-state index is -0.421. The Balaban J connectivity index is 1.77. The number of rotatable bonds is 4. The molecule has 20 heavy (non-hydrogen) atoms. The van der Waals surface area contributed by atoms with Crippen LogP contribution in [0.4, 0.5) is 0 Å². The van der Waals surface area contributed by atoms with E-state index in [9.17, 15) is 4.79 Å². The zero-order valence-corrected chi connectivity index (χ0v) is 13.4. The number of halogens is 1. The van der Waals surface area contributed by atoms with Crippen LogP contribution in [0.2, 0.25) is 0 Å². The minimum absolute atomic E-state index is 0.0450. The Morgan fingerprint density at radius 3 is 2.55 bits per heavy atom. The summed E-state index contributed by atoms with van der Waals surface area (Å²) < 4.78 is 1.11. The van der Waals surface area contributed by atoms with Gasteiger partial charge in [-0.25, -0.2) is 0 Å². The van der Waals surface area contributed by atoms with Gasteiger partial charge in [-0.05, 0) is 37.5 Å². The van der Waals surface area contributed by atoms with Crippen LogP contribution in [-0.2, 0) is 11.3 Å². The zero-order valence-electron chi connectivity index (χ0n) is 11.8. The van der Waals surface area contributed by atoms with Crippen molar-refractivity contribution in [1.29, 1.82) is 0 Å². The van der Waals surface area contributed by atoms with Crippen molar-refractivity contribution in [2.24, 2.45) is 5.73 Å². The lowest BCUT2D eigenvalue weighted by atomic mass is 10.0. The van der Waals surface area contributed by atoms with Crippen molar-refractivity contribution in [2.45, 2.75) is 38.4 Å². The molecule has 2 rings (SSSR count). The summed E-state index contributed by atoms with van der Waals surface area (Å²) in [5.74, 6) is -0.0450. The van der Waals surface area contributed by atoms with Crippen molar-refractivity contribution < 1.29 is 4.79 Å². The van der Waals surface area contributed by atoms with Crippen LogP contribution in [-0.4, -0.2) is 36.0 Å². The fraction of sp³-hybridized carbons (Fsp3) is 0.533. The van der Waals surface area contributed by atoms with Gasteiger partial charge in [0.1, 0.15) is 0 Å². The molecule has 110 valence electrons. The molecular formula is C15H22BrN3O. The molecule has 0 spiro atoms. The lowest BCUT2D eigenvalue weighted by Gasteiger charge is -2.32. The molecule has 0 aromatic heterocycles. The smallest absolute Gasteiger partial charge is 0.236 e. The van der Waals surface area contributed by atoms with E-state index < -0.39 is 6.04 Å². The first-order valence-electron chi connectivity index (χ1n) is 7.07. The third kappa shape index (κ3) is 4.58. The van der Waals surface area contributed by atoms with Gasteiger partial charge in [-0.15, -0.1) is 0 Å². The average molecular weight is 340 g/mol. The number of hydrogen-bond donors (Lipinski definition) is 2. The molecule has 1 aliphatic rings. The summed E-state index contributed by atoms with van der Waals surface area (Å²) in [6, 6.07) is 8.29. The molecule has 1 saturated heterocycles. The molecule has 5 heteroatoms. The van der Waals surface area contributed by atoms with Gasteiger partial charge in [-0.1, -0.05) is 28.1 Å². The Bertz CT molecular complexity index is 439. The first-order valence-corrected chi connectivity index (χ1v) is 7.86. The van der Waals surface area contributed by atoms with Crippen molar-refractivity contribution in [3.8, 4) is 0 Å². The maximum absolute atomic E-state index is 11.6. The number of nitrogens with zero attached hydrogens (tertiary/aromatic N) is 1. The van der Waals surface area contributed by atoms with E-state index >= 15 is 0 Å². The maximum Gasteiger partial charge on any atom is 0.236 e. The van der Waals surface area contributed by atoms with Crippen molar-refractivity contribution in [3.05, 3.63) is 34.3 Å². The molecule has 0 saturated carbocycles. The highest BCUT2D eigenvalue weighted by molar-refractivity contribution is 9.10. The van der Waals surface area contributed by atoms with Crippen molar-refractivity contribution >= 4 is 21.8 Å². The average Bonchev–Trinajstić information content (AvgIpc) is 2.43. The van der Waals surface area contributed by atoms with Crippen LogP contribution < -0.4 is 11.1 Å². The number of carbonyl (C=O) groups excluding carboxylic acids is 1. The third-order valence-corrected chi connectivity index (χ3v) is 4.20. The molecule has 1 amide bonds. The number of amides is 1. The predicted molar refractivity (Wildman–Crippen MR) is 84.2 cm³/mol. The van der Waals surface area contributed by atoms with Gasteiger partial charge in [0, 0.05) is 30.1 Å². The van der Waals surface area contributed by atoms with E-state index in [0.29, 0.717) is 0 Å². The number of nitrogens with one attached hydrogen (secondary N) is 1. The molecule has 1 aromatic rings. The summed E-state index contributed by atoms with van der Waals surface area (Å²) in [5, 5.41) is 3.01. The molecule has 1 heterocycles. The normalized spacial score (nSPS) is 18.8. The highest BCUT2D eigenvalue weighted by atomic mass is 79.9. The van der Waals surface area contributed by atoms with Crippen molar-refractivity contribution in [3.63, 3.8) is 0 Å². The zero-order chi connectivity index (χ0) is 14.5. The third-order valence-electron chi connectivity index (χ3n) is 3.67. The summed E-state index contributed by atoms with van der Waals surface area (Å²) in [6.07, 6.45) is 1.99. The fourth-order valence-corrected chi connectivity index (χ4v) is 2.68. The molecule has 4 nitrogen and oxygen atoms in total. The first-order chi connectivity index (χ1) is 9.54. The number of nitrogens with two attached hydrogens (primary N) is 1. The van der Waals surface area contributed by atoms with Crippen molar-refractivity contribution in [1.82, 2.24) is 10.2 Å². The Morgan fingerprint density at radius 2 is 2.00 bits per heavy atom. The van der Waals surface area contributed by atoms with Crippen LogP contribution in [0.5, 0.6) is 0 Å². The number of hydrogen-bond acceptors (Lipinski definition) is 3. The maximum atomic E-state index is 11.6. The summed E-state index contributed by atoms with van der Waals surface area (Å²) in [7, 11) is 0. The van der Waals surface area contributed by atoms with Gasteiger partial charge in [0.25, 0.3) is 0 Å². The monoisotopic (exact) mass is 339 g/mol. The quantitative estimate of drug-likeness (QED) is 0.880. The van der Waals surface area contributed by atoms with E-state index in [1.807, 2.05) is 0 Å². The highest BCUT2D eigenvalue weighted by Crippen LogP contribution is 2.16. The molecule has 1 aromatic carbocycles. The Morgan fingerprint density at radius 1 is 1.40 bits per heavy atom. The van der Waals surface area contributed by atoms with Crippen LogP contribution in [0.25, 0.3) is 0 Å². The van der Waals surface area contributed by atoms with Crippen LogP contribution in [0.15, 0.2) is 28.7 Å². The van der Waals surface area contributed by atoms with Gasteiger partial charge in [-0.2, -0.15) is 0 Å². The van der Waals surface area contributed by atoms with E-state index in [1.54, 1.807) is 6.92 Å². The Hall–Kier alpha value is -0.910. The predicted octanol–water partition coefficient (Wildman–Crippen LogP) is 1.88. The lowest BCUT2D eigenvalue weighted by molar-refractivity contribution is -0.123. The van der Waals surface area contributed by atoms with Gasteiger partial charge < -0.3 is 11.1 Å². The van der Waals surface area contributed by atoms with E-state index in [4.69, 9.17) is 5.73 Å². The fourth-order valence-electron chi connectivity index (χ4n) is 2.42. The second-order valence-corrected chi connectivity index (χ2v) is 6.39. The van der Waals surface area contributed by atoms with Crippen LogP contribution in [0.1, 0.15) is 25.3 Å². The van der Waals surface area contributed by atoms with Gasteiger partial charge in [-0.3, -0.25) is 9.69 Å². The van der Waals surface area contributed by atoms with Gasteiger partial charge >= 0.3 is 0 Å². The molecular weight excluding hydrogens is 318 g/mol. The van der Waals surface area contributed by atoms with E-state index in [0.717, 1.165) is 36.9 Å². The molecule has 1 atom stereocenters. The molecule has 1 aliphatic heterocycles. The molecule has 0 aliphatic carbocycles. The SMILES string of the molecule is CC(N)C(=O)NC1CCN(Cc2ccc(Br)cc2)CC1. The van der Waals surface area contributed by atoms with E-state index in [1.165, 1.54) is 5.56 Å². The summed E-state index contributed by atoms with van der Waals surface area (Å²) in [6.45, 7) is 4.72. The highest BCUT2D eigenvalue weighted by Gasteiger charge is 2.21. The van der Waals surface area contributed by atoms with Gasteiger partial charge in [0.05, 0.1) is 6.04 Å². The number of likely N-dealkylation sites (tertiary alicyclic amines) is 1. The molecule has 0 bridgehead atoms. The summed E-state index contributed by atoms with van der Waals surface area (Å²) >= 11 is 3.45. The second kappa shape index (κ2) is 7.20. The van der Waals surface area contributed by atoms with E-state index in [-0.39, 0.29) is 11.9 Å². The largest absolute Gasteiger partial charge is 0.352 e. The standard InChI is InChI=1S/C15H22BrN3O/c1-11(17)15(20)18-14-6-8-19(9-7-14)10-12-2-4-13(16)5-3-12/h2-5,11,14H,6-10,17H2,1H3,(H,18,20). The molecule has 3 N–H and O–H groups in total. The van der Waals surface area contributed by atoms with Crippen LogP contribution in [0, 0.1) is 0 Å². The molecule has 0 radical (unpaired) electrons. The van der Waals surface area contributed by atoms with Gasteiger partial charge in [0.15, 0.2) is 0 Å². The lowest BCUT2D eigenvalue weighted by Crippen LogP contribution is -2.48. The second-order valence-electron chi connectivity index (χ2n) is 5.47. The Kier molecular flexibility index (Phi) is 5.57. The van der Waals surface area contributed by atoms with Crippen LogP contribution in [0.3, 0.4) is 0 Å². The minimum Gasteiger partial charge on any atom is -0.352 e. The first kappa shape index (κ1) is 15.5. The number of benzene rings is 1. The van der Waals surface area contributed by atoms with Crippen LogP contribution >= 0.6 is 15.9 Å². The molecule has 1 fully saturated rings. The summed E-state index contributed by atoms with van der Waals surface area (Å²) in [5.41, 5.74) is 6.89. The molecule has 1 unspecified atom stereocenters. The van der Waals surface area contributed by atoms with Crippen molar-refractivity contribution in [2.75, 3.05) is 13.1 Å². The topological polar surface area (TPSA) is 58.4 Å². The summed E-state index contributed by atoms with van der Waals surface area (Å²) in [4.78, 5) is 14.0.